The van der Waals surface area contributed by atoms with E-state index in [4.69, 9.17) is 9.47 Å². The van der Waals surface area contributed by atoms with Gasteiger partial charge in [0.05, 0.1) is 14.2 Å². The van der Waals surface area contributed by atoms with Crippen molar-refractivity contribution in [1.29, 1.82) is 0 Å². The van der Waals surface area contributed by atoms with Gasteiger partial charge in [0.25, 0.3) is 0 Å². The molecule has 4 nitrogen and oxygen atoms in total. The first-order chi connectivity index (χ1) is 9.21. The zero-order chi connectivity index (χ0) is 13.8. The van der Waals surface area contributed by atoms with Gasteiger partial charge in [-0.15, -0.1) is 0 Å². The van der Waals surface area contributed by atoms with E-state index in [9.17, 15) is 4.79 Å². The molecule has 0 unspecified atom stereocenters. The monoisotopic (exact) mass is 259 g/mol. The van der Waals surface area contributed by atoms with Crippen molar-refractivity contribution >= 4 is 5.97 Å². The first-order valence-corrected chi connectivity index (χ1v) is 6.13. The summed E-state index contributed by atoms with van der Waals surface area (Å²) in [6, 6.07) is 9.54. The van der Waals surface area contributed by atoms with Gasteiger partial charge in [0.2, 0.25) is 0 Å². The summed E-state index contributed by atoms with van der Waals surface area (Å²) in [5.41, 5.74) is 2.42. The number of rotatable bonds is 4. The van der Waals surface area contributed by atoms with Crippen LogP contribution in [0, 0.1) is 0 Å². The van der Waals surface area contributed by atoms with Crippen LogP contribution < -0.4 is 4.74 Å². The lowest BCUT2D eigenvalue weighted by atomic mass is 10.1. The molecular weight excluding hydrogens is 242 g/mol. The molecule has 0 radical (unpaired) electrons. The molecule has 2 aromatic rings. The van der Waals surface area contributed by atoms with E-state index in [2.05, 4.69) is 0 Å². The Morgan fingerprint density at radius 3 is 2.37 bits per heavy atom. The molecule has 1 aromatic carbocycles. The average Bonchev–Trinajstić information content (AvgIpc) is 2.90. The van der Waals surface area contributed by atoms with Crippen LogP contribution in [0.25, 0.3) is 11.1 Å². The number of benzene rings is 1. The van der Waals surface area contributed by atoms with E-state index in [1.165, 1.54) is 7.11 Å². The van der Waals surface area contributed by atoms with E-state index >= 15 is 0 Å². The lowest BCUT2D eigenvalue weighted by Crippen LogP contribution is -2.10. The summed E-state index contributed by atoms with van der Waals surface area (Å²) >= 11 is 0. The van der Waals surface area contributed by atoms with Gasteiger partial charge in [0.15, 0.2) is 0 Å². The fraction of sp³-hybridized carbons (Fsp3) is 0.267. The highest BCUT2D eigenvalue weighted by atomic mass is 16.5. The second-order valence-corrected chi connectivity index (χ2v) is 4.08. The largest absolute Gasteiger partial charge is 0.497 e. The molecule has 0 fully saturated rings. The average molecular weight is 259 g/mol. The third-order valence-corrected chi connectivity index (χ3v) is 3.08. The van der Waals surface area contributed by atoms with Crippen LogP contribution >= 0.6 is 0 Å². The SMILES string of the molecule is CCn1ccc(-c2ccc(OC)cc2)c1C(=O)OC. The van der Waals surface area contributed by atoms with Crippen LogP contribution in [0.5, 0.6) is 5.75 Å². The third-order valence-electron chi connectivity index (χ3n) is 3.08. The maximum atomic E-state index is 11.9. The maximum absolute atomic E-state index is 11.9. The number of hydrogen-bond acceptors (Lipinski definition) is 3. The number of ether oxygens (including phenoxy) is 2. The Hall–Kier alpha value is -2.23. The van der Waals surface area contributed by atoms with Gasteiger partial charge < -0.3 is 14.0 Å². The molecule has 0 saturated carbocycles. The number of carbonyl (C=O) groups is 1. The molecule has 0 atom stereocenters. The highest BCUT2D eigenvalue weighted by molar-refractivity contribution is 5.96. The van der Waals surface area contributed by atoms with Crippen molar-refractivity contribution in [3.05, 3.63) is 42.2 Å². The van der Waals surface area contributed by atoms with Crippen LogP contribution in [0.1, 0.15) is 17.4 Å². The fourth-order valence-electron chi connectivity index (χ4n) is 2.06. The molecule has 19 heavy (non-hydrogen) atoms. The van der Waals surface area contributed by atoms with Gasteiger partial charge in [-0.2, -0.15) is 0 Å². The third kappa shape index (κ3) is 2.47. The molecule has 2 rings (SSSR count). The highest BCUT2D eigenvalue weighted by Gasteiger charge is 2.18. The van der Waals surface area contributed by atoms with Gasteiger partial charge in [-0.05, 0) is 30.7 Å². The van der Waals surface area contributed by atoms with Crippen LogP contribution in [0.15, 0.2) is 36.5 Å². The van der Waals surface area contributed by atoms with Gasteiger partial charge in [0, 0.05) is 18.3 Å². The summed E-state index contributed by atoms with van der Waals surface area (Å²) in [6.45, 7) is 2.71. The zero-order valence-electron chi connectivity index (χ0n) is 11.3. The molecule has 0 amide bonds. The van der Waals surface area contributed by atoms with E-state index in [1.54, 1.807) is 7.11 Å². The van der Waals surface area contributed by atoms with Gasteiger partial charge >= 0.3 is 5.97 Å². The van der Waals surface area contributed by atoms with Crippen molar-refractivity contribution in [3.63, 3.8) is 0 Å². The first-order valence-electron chi connectivity index (χ1n) is 6.13. The molecule has 0 bridgehead atoms. The number of aryl methyl sites for hydroxylation is 1. The molecule has 0 spiro atoms. The van der Waals surface area contributed by atoms with E-state index in [1.807, 2.05) is 48.0 Å². The zero-order valence-corrected chi connectivity index (χ0v) is 11.3. The van der Waals surface area contributed by atoms with Crippen molar-refractivity contribution in [2.45, 2.75) is 13.5 Å². The minimum atomic E-state index is -0.322. The van der Waals surface area contributed by atoms with E-state index in [0.29, 0.717) is 5.69 Å². The lowest BCUT2D eigenvalue weighted by molar-refractivity contribution is 0.0589. The summed E-state index contributed by atoms with van der Waals surface area (Å²) in [5, 5.41) is 0. The Kier molecular flexibility index (Phi) is 3.90. The van der Waals surface area contributed by atoms with E-state index < -0.39 is 0 Å². The quantitative estimate of drug-likeness (QED) is 0.792. The summed E-state index contributed by atoms with van der Waals surface area (Å²) in [5.74, 6) is 0.468. The molecule has 1 aromatic heterocycles. The van der Waals surface area contributed by atoms with Crippen molar-refractivity contribution in [2.75, 3.05) is 14.2 Å². The molecule has 0 aliphatic carbocycles. The Bertz CT molecular complexity index is 570. The topological polar surface area (TPSA) is 40.5 Å². The number of nitrogens with zero attached hydrogens (tertiary/aromatic N) is 1. The smallest absolute Gasteiger partial charge is 0.355 e. The molecule has 4 heteroatoms. The molecule has 100 valence electrons. The maximum Gasteiger partial charge on any atom is 0.355 e. The lowest BCUT2D eigenvalue weighted by Gasteiger charge is -2.08. The predicted octanol–water partition coefficient (Wildman–Crippen LogP) is 2.97. The van der Waals surface area contributed by atoms with Crippen molar-refractivity contribution in [3.8, 4) is 16.9 Å². The second kappa shape index (κ2) is 5.61. The van der Waals surface area contributed by atoms with Crippen LogP contribution in [0.3, 0.4) is 0 Å². The van der Waals surface area contributed by atoms with E-state index in [-0.39, 0.29) is 5.97 Å². The van der Waals surface area contributed by atoms with Gasteiger partial charge in [-0.3, -0.25) is 0 Å². The number of methoxy groups -OCH3 is 2. The van der Waals surface area contributed by atoms with Gasteiger partial charge in [0.1, 0.15) is 11.4 Å². The van der Waals surface area contributed by atoms with E-state index in [0.717, 1.165) is 23.4 Å². The first kappa shape index (κ1) is 13.2. The van der Waals surface area contributed by atoms with Gasteiger partial charge in [-0.1, -0.05) is 12.1 Å². The Morgan fingerprint density at radius 2 is 1.84 bits per heavy atom. The minimum absolute atomic E-state index is 0.322. The van der Waals surface area contributed by atoms with Crippen LogP contribution in [-0.2, 0) is 11.3 Å². The Balaban J connectivity index is 2.48. The van der Waals surface area contributed by atoms with Crippen molar-refractivity contribution in [1.82, 2.24) is 4.57 Å². The van der Waals surface area contributed by atoms with Crippen molar-refractivity contribution < 1.29 is 14.3 Å². The molecule has 0 aliphatic heterocycles. The van der Waals surface area contributed by atoms with Crippen LogP contribution in [-0.4, -0.2) is 24.8 Å². The number of carbonyl (C=O) groups excluding carboxylic acids is 1. The summed E-state index contributed by atoms with van der Waals surface area (Å²) in [4.78, 5) is 11.9. The highest BCUT2D eigenvalue weighted by Crippen LogP contribution is 2.27. The molecular formula is C15H17NO3. The summed E-state index contributed by atoms with van der Waals surface area (Å²) in [7, 11) is 3.02. The molecule has 0 saturated heterocycles. The molecule has 0 aliphatic rings. The summed E-state index contributed by atoms with van der Waals surface area (Å²) in [6.07, 6.45) is 1.89. The predicted molar refractivity (Wildman–Crippen MR) is 73.4 cm³/mol. The number of hydrogen-bond donors (Lipinski definition) is 0. The normalized spacial score (nSPS) is 10.3. The standard InChI is InChI=1S/C15H17NO3/c1-4-16-10-9-13(14(16)15(17)19-3)11-5-7-12(18-2)8-6-11/h5-10H,4H2,1-3H3. The molecule has 0 N–H and O–H groups in total. The number of aromatic nitrogens is 1. The van der Waals surface area contributed by atoms with Crippen molar-refractivity contribution in [2.24, 2.45) is 0 Å². The second-order valence-electron chi connectivity index (χ2n) is 4.08. The Labute approximate surface area is 112 Å². The fourth-order valence-corrected chi connectivity index (χ4v) is 2.06. The van der Waals surface area contributed by atoms with Gasteiger partial charge in [-0.25, -0.2) is 4.79 Å². The number of esters is 1. The summed E-state index contributed by atoms with van der Waals surface area (Å²) < 4.78 is 11.9. The van der Waals surface area contributed by atoms with Crippen LogP contribution in [0.4, 0.5) is 0 Å². The Morgan fingerprint density at radius 1 is 1.16 bits per heavy atom. The minimum Gasteiger partial charge on any atom is -0.497 e. The molecule has 1 heterocycles. The van der Waals surface area contributed by atoms with Crippen LogP contribution in [0.2, 0.25) is 0 Å².